The highest BCUT2D eigenvalue weighted by Crippen LogP contribution is 2.29. The van der Waals surface area contributed by atoms with Crippen molar-refractivity contribution in [2.45, 2.75) is 44.6 Å². The Balaban J connectivity index is 2.11. The van der Waals surface area contributed by atoms with Crippen LogP contribution in [-0.2, 0) is 4.74 Å². The molecule has 1 aromatic rings. The quantitative estimate of drug-likeness (QED) is 0.453. The minimum atomic E-state index is -0.327. The first-order valence-corrected chi connectivity index (χ1v) is 8.12. The fraction of sp³-hybridized carbons (Fsp3) is 0.500. The average Bonchev–Trinajstić information content (AvgIpc) is 2.62. The molecule has 0 aliphatic heterocycles. The lowest BCUT2D eigenvalue weighted by Crippen LogP contribution is -2.18. The molecule has 0 atom stereocenters. The summed E-state index contributed by atoms with van der Waals surface area (Å²) in [6.07, 6.45) is 6.69. The van der Waals surface area contributed by atoms with Gasteiger partial charge in [-0.25, -0.2) is 4.79 Å². The standard InChI is InChI=1S/C14H17Br2NO2/c15-9-7-11(13(17)12(16)8-9)14(18)19-10-5-3-1-2-4-6-10/h7-8,10H,1-6,17H2. The van der Waals surface area contributed by atoms with E-state index in [1.807, 2.05) is 6.07 Å². The second-order valence-electron chi connectivity index (χ2n) is 4.87. The van der Waals surface area contributed by atoms with E-state index in [9.17, 15) is 4.79 Å². The maximum Gasteiger partial charge on any atom is 0.340 e. The van der Waals surface area contributed by atoms with Crippen LogP contribution in [-0.4, -0.2) is 12.1 Å². The van der Waals surface area contributed by atoms with E-state index in [0.29, 0.717) is 15.7 Å². The van der Waals surface area contributed by atoms with E-state index in [1.165, 1.54) is 12.8 Å². The summed E-state index contributed by atoms with van der Waals surface area (Å²) in [5.41, 5.74) is 6.77. The number of hydrogen-bond acceptors (Lipinski definition) is 3. The van der Waals surface area contributed by atoms with Gasteiger partial charge in [0.15, 0.2) is 0 Å². The second-order valence-corrected chi connectivity index (χ2v) is 6.64. The molecule has 3 nitrogen and oxygen atoms in total. The second kappa shape index (κ2) is 6.75. The Labute approximate surface area is 130 Å². The number of nitrogens with two attached hydrogens (primary N) is 1. The summed E-state index contributed by atoms with van der Waals surface area (Å²) in [6.45, 7) is 0. The number of halogens is 2. The van der Waals surface area contributed by atoms with Gasteiger partial charge in [0.25, 0.3) is 0 Å². The number of carbonyl (C=O) groups excluding carboxylic acids is 1. The van der Waals surface area contributed by atoms with Crippen molar-refractivity contribution in [3.05, 3.63) is 26.6 Å². The number of anilines is 1. The van der Waals surface area contributed by atoms with Crippen LogP contribution < -0.4 is 5.73 Å². The number of benzene rings is 1. The van der Waals surface area contributed by atoms with Gasteiger partial charge in [-0.15, -0.1) is 0 Å². The third-order valence-corrected chi connectivity index (χ3v) is 4.50. The molecule has 2 N–H and O–H groups in total. The van der Waals surface area contributed by atoms with Crippen LogP contribution in [0.2, 0.25) is 0 Å². The molecule has 1 fully saturated rings. The first-order chi connectivity index (χ1) is 9.08. The zero-order valence-corrected chi connectivity index (χ0v) is 13.8. The largest absolute Gasteiger partial charge is 0.459 e. The highest BCUT2D eigenvalue weighted by Gasteiger charge is 2.20. The highest BCUT2D eigenvalue weighted by atomic mass is 79.9. The van der Waals surface area contributed by atoms with Gasteiger partial charge in [-0.3, -0.25) is 0 Å². The maximum absolute atomic E-state index is 12.2. The Hall–Kier alpha value is -0.550. The fourth-order valence-corrected chi connectivity index (χ4v) is 3.55. The summed E-state index contributed by atoms with van der Waals surface area (Å²) in [7, 11) is 0. The molecule has 1 aromatic carbocycles. The Kier molecular flexibility index (Phi) is 5.28. The van der Waals surface area contributed by atoms with Crippen molar-refractivity contribution in [1.29, 1.82) is 0 Å². The van der Waals surface area contributed by atoms with Gasteiger partial charge in [0.1, 0.15) is 6.10 Å². The van der Waals surface area contributed by atoms with Crippen molar-refractivity contribution in [2.75, 3.05) is 5.73 Å². The molecule has 0 aromatic heterocycles. The van der Waals surface area contributed by atoms with E-state index in [1.54, 1.807) is 6.07 Å². The van der Waals surface area contributed by atoms with Gasteiger partial charge in [0.05, 0.1) is 11.3 Å². The predicted molar refractivity (Wildman–Crippen MR) is 83.2 cm³/mol. The van der Waals surface area contributed by atoms with Crippen LogP contribution in [0.25, 0.3) is 0 Å². The van der Waals surface area contributed by atoms with Gasteiger partial charge in [0.2, 0.25) is 0 Å². The van der Waals surface area contributed by atoms with Gasteiger partial charge in [-0.1, -0.05) is 28.8 Å². The van der Waals surface area contributed by atoms with Crippen LogP contribution in [0.5, 0.6) is 0 Å². The van der Waals surface area contributed by atoms with Gasteiger partial charge in [-0.05, 0) is 53.7 Å². The number of carbonyl (C=O) groups is 1. The van der Waals surface area contributed by atoms with E-state index in [2.05, 4.69) is 31.9 Å². The molecular weight excluding hydrogens is 374 g/mol. The van der Waals surface area contributed by atoms with Gasteiger partial charge < -0.3 is 10.5 Å². The lowest BCUT2D eigenvalue weighted by molar-refractivity contribution is 0.0268. The summed E-state index contributed by atoms with van der Waals surface area (Å²) < 4.78 is 7.10. The van der Waals surface area contributed by atoms with Crippen LogP contribution in [0.4, 0.5) is 5.69 Å². The van der Waals surface area contributed by atoms with Crippen LogP contribution in [0.1, 0.15) is 48.9 Å². The van der Waals surface area contributed by atoms with E-state index in [-0.39, 0.29) is 12.1 Å². The number of rotatable bonds is 2. The Morgan fingerprint density at radius 1 is 1.16 bits per heavy atom. The monoisotopic (exact) mass is 389 g/mol. The molecule has 5 heteroatoms. The number of nitrogen functional groups attached to an aromatic ring is 1. The number of hydrogen-bond donors (Lipinski definition) is 1. The SMILES string of the molecule is Nc1c(Br)cc(Br)cc1C(=O)OC1CCCCCC1. The first-order valence-electron chi connectivity index (χ1n) is 6.53. The summed E-state index contributed by atoms with van der Waals surface area (Å²) in [4.78, 5) is 12.2. The van der Waals surface area contributed by atoms with Crippen molar-refractivity contribution < 1.29 is 9.53 Å². The average molecular weight is 391 g/mol. The molecule has 1 saturated carbocycles. The minimum absolute atomic E-state index is 0.0344. The van der Waals surface area contributed by atoms with E-state index in [4.69, 9.17) is 10.5 Å². The van der Waals surface area contributed by atoms with Crippen LogP contribution >= 0.6 is 31.9 Å². The zero-order chi connectivity index (χ0) is 13.8. The molecule has 2 rings (SSSR count). The normalized spacial score (nSPS) is 16.9. The maximum atomic E-state index is 12.2. The van der Waals surface area contributed by atoms with E-state index < -0.39 is 0 Å². The smallest absolute Gasteiger partial charge is 0.340 e. The first kappa shape index (κ1) is 14.9. The summed E-state index contributed by atoms with van der Waals surface area (Å²) in [5.74, 6) is -0.327. The lowest BCUT2D eigenvalue weighted by Gasteiger charge is -2.16. The highest BCUT2D eigenvalue weighted by molar-refractivity contribution is 9.11. The van der Waals surface area contributed by atoms with Gasteiger partial charge in [0, 0.05) is 8.95 Å². The number of ether oxygens (including phenoxy) is 1. The van der Waals surface area contributed by atoms with Crippen LogP contribution in [0.15, 0.2) is 21.1 Å². The molecule has 1 aliphatic carbocycles. The van der Waals surface area contributed by atoms with Crippen molar-refractivity contribution in [1.82, 2.24) is 0 Å². The minimum Gasteiger partial charge on any atom is -0.459 e. The van der Waals surface area contributed by atoms with Crippen molar-refractivity contribution in [3.8, 4) is 0 Å². The molecule has 0 radical (unpaired) electrons. The zero-order valence-electron chi connectivity index (χ0n) is 10.6. The molecule has 0 amide bonds. The van der Waals surface area contributed by atoms with Crippen molar-refractivity contribution in [3.63, 3.8) is 0 Å². The molecule has 104 valence electrons. The van der Waals surface area contributed by atoms with Crippen molar-refractivity contribution in [2.24, 2.45) is 0 Å². The van der Waals surface area contributed by atoms with E-state index in [0.717, 1.165) is 30.2 Å². The van der Waals surface area contributed by atoms with Crippen LogP contribution in [0.3, 0.4) is 0 Å². The summed E-state index contributed by atoms with van der Waals surface area (Å²) in [6, 6.07) is 3.52. The molecular formula is C14H17Br2NO2. The number of esters is 1. The fourth-order valence-electron chi connectivity index (χ4n) is 2.33. The Morgan fingerprint density at radius 3 is 2.42 bits per heavy atom. The van der Waals surface area contributed by atoms with Gasteiger partial charge >= 0.3 is 5.97 Å². The van der Waals surface area contributed by atoms with Crippen LogP contribution in [0, 0.1) is 0 Å². The van der Waals surface area contributed by atoms with Crippen molar-refractivity contribution >= 4 is 43.5 Å². The Bertz CT molecular complexity index is 469. The molecule has 0 saturated heterocycles. The molecule has 0 heterocycles. The molecule has 19 heavy (non-hydrogen) atoms. The molecule has 0 bridgehead atoms. The Morgan fingerprint density at radius 2 is 1.79 bits per heavy atom. The lowest BCUT2D eigenvalue weighted by atomic mass is 10.1. The molecule has 0 unspecified atom stereocenters. The van der Waals surface area contributed by atoms with E-state index >= 15 is 0 Å². The van der Waals surface area contributed by atoms with Gasteiger partial charge in [-0.2, -0.15) is 0 Å². The summed E-state index contributed by atoms with van der Waals surface area (Å²) in [5, 5.41) is 0. The topological polar surface area (TPSA) is 52.3 Å². The molecule has 1 aliphatic rings. The molecule has 0 spiro atoms. The summed E-state index contributed by atoms with van der Waals surface area (Å²) >= 11 is 6.70. The third kappa shape index (κ3) is 3.96. The predicted octanol–water partition coefficient (Wildman–Crippen LogP) is 4.67. The third-order valence-electron chi connectivity index (χ3n) is 3.39.